The van der Waals surface area contributed by atoms with E-state index in [9.17, 15) is 8.78 Å². The second-order valence-electron chi connectivity index (χ2n) is 3.91. The molecule has 3 aromatic rings. The molecule has 1 atom stereocenters. The Morgan fingerprint density at radius 1 is 1.06 bits per heavy atom. The third kappa shape index (κ3) is 1.84. The molecule has 1 aromatic carbocycles. The molecule has 0 saturated heterocycles. The lowest BCUT2D eigenvalue weighted by Crippen LogP contribution is -2.14. The van der Waals surface area contributed by atoms with E-state index < -0.39 is 17.7 Å². The summed E-state index contributed by atoms with van der Waals surface area (Å²) >= 11 is 3.07. The summed E-state index contributed by atoms with van der Waals surface area (Å²) in [5.41, 5.74) is 5.91. The summed E-state index contributed by atoms with van der Waals surface area (Å²) in [7, 11) is 0. The Bertz CT molecular complexity index is 653. The van der Waals surface area contributed by atoms with Gasteiger partial charge < -0.3 is 5.73 Å². The van der Waals surface area contributed by atoms with Gasteiger partial charge in [-0.2, -0.15) is 0 Å². The highest BCUT2D eigenvalue weighted by atomic mass is 32.1. The van der Waals surface area contributed by atoms with Gasteiger partial charge in [0, 0.05) is 19.8 Å². The maximum atomic E-state index is 13.7. The monoisotopic (exact) mass is 281 g/mol. The minimum atomic E-state index is -0.754. The fourth-order valence-electron chi connectivity index (χ4n) is 1.89. The summed E-state index contributed by atoms with van der Waals surface area (Å²) in [6.07, 6.45) is 0. The molecule has 1 unspecified atom stereocenters. The molecule has 2 aromatic heterocycles. The molecule has 5 heteroatoms. The van der Waals surface area contributed by atoms with Gasteiger partial charge in [0.15, 0.2) is 0 Å². The first-order valence-corrected chi connectivity index (χ1v) is 7.03. The van der Waals surface area contributed by atoms with E-state index in [0.717, 1.165) is 14.3 Å². The van der Waals surface area contributed by atoms with Crippen molar-refractivity contribution in [2.75, 3.05) is 0 Å². The van der Waals surface area contributed by atoms with Crippen LogP contribution in [0.5, 0.6) is 0 Å². The van der Waals surface area contributed by atoms with Crippen LogP contribution in [0.2, 0.25) is 0 Å². The topological polar surface area (TPSA) is 26.0 Å². The largest absolute Gasteiger partial charge is 0.319 e. The van der Waals surface area contributed by atoms with E-state index in [0.29, 0.717) is 0 Å². The first-order valence-electron chi connectivity index (χ1n) is 5.33. The third-order valence-corrected chi connectivity index (χ3v) is 4.95. The van der Waals surface area contributed by atoms with Crippen molar-refractivity contribution in [2.45, 2.75) is 6.04 Å². The number of fused-ring (bicyclic) bond motifs is 1. The van der Waals surface area contributed by atoms with Gasteiger partial charge in [0.2, 0.25) is 0 Å². The fraction of sp³-hybridized carbons (Fsp3) is 0.0769. The minimum absolute atomic E-state index is 0.0635. The average Bonchev–Trinajstić information content (AvgIpc) is 2.88. The van der Waals surface area contributed by atoms with Crippen LogP contribution in [0.3, 0.4) is 0 Å². The van der Waals surface area contributed by atoms with Gasteiger partial charge in [-0.1, -0.05) is 6.07 Å². The highest BCUT2D eigenvalue weighted by molar-refractivity contribution is 7.27. The van der Waals surface area contributed by atoms with Gasteiger partial charge in [-0.05, 0) is 29.6 Å². The molecule has 0 aliphatic rings. The zero-order valence-corrected chi connectivity index (χ0v) is 10.8. The molecule has 0 aliphatic carbocycles. The average molecular weight is 281 g/mol. The highest BCUT2D eigenvalue weighted by Crippen LogP contribution is 2.35. The lowest BCUT2D eigenvalue weighted by atomic mass is 10.1. The molecule has 0 bridgehead atoms. The smallest absolute Gasteiger partial charge is 0.131 e. The van der Waals surface area contributed by atoms with E-state index in [1.54, 1.807) is 11.3 Å². The van der Waals surface area contributed by atoms with Gasteiger partial charge in [0.1, 0.15) is 11.6 Å². The van der Waals surface area contributed by atoms with Gasteiger partial charge in [-0.15, -0.1) is 22.7 Å². The highest BCUT2D eigenvalue weighted by Gasteiger charge is 2.20. The Balaban J connectivity index is 2.09. The lowest BCUT2D eigenvalue weighted by Gasteiger charge is -2.11. The molecule has 2 heterocycles. The van der Waals surface area contributed by atoms with Crippen molar-refractivity contribution in [2.24, 2.45) is 5.73 Å². The number of nitrogens with two attached hydrogens (primary N) is 1. The molecule has 0 aliphatic heterocycles. The van der Waals surface area contributed by atoms with E-state index in [2.05, 4.69) is 0 Å². The second kappa shape index (κ2) is 4.42. The summed E-state index contributed by atoms with van der Waals surface area (Å²) in [6, 6.07) is 6.94. The summed E-state index contributed by atoms with van der Waals surface area (Å²) in [6.45, 7) is 0. The number of halogens is 2. The van der Waals surface area contributed by atoms with Crippen molar-refractivity contribution in [3.63, 3.8) is 0 Å². The second-order valence-corrected chi connectivity index (χ2v) is 5.97. The van der Waals surface area contributed by atoms with Crippen LogP contribution < -0.4 is 5.73 Å². The molecule has 0 radical (unpaired) electrons. The number of benzene rings is 1. The van der Waals surface area contributed by atoms with Crippen LogP contribution >= 0.6 is 22.7 Å². The van der Waals surface area contributed by atoms with E-state index in [4.69, 9.17) is 5.73 Å². The van der Waals surface area contributed by atoms with Crippen molar-refractivity contribution in [3.8, 4) is 0 Å². The van der Waals surface area contributed by atoms with Crippen LogP contribution in [0, 0.1) is 11.6 Å². The molecule has 1 nitrogen and oxygen atoms in total. The first kappa shape index (κ1) is 11.8. The molecule has 0 amide bonds. The number of hydrogen-bond donors (Lipinski definition) is 1. The molecule has 2 N–H and O–H groups in total. The number of thiophene rings is 2. The Hall–Kier alpha value is -1.30. The van der Waals surface area contributed by atoms with Crippen molar-refractivity contribution in [1.82, 2.24) is 0 Å². The quantitative estimate of drug-likeness (QED) is 0.745. The molecule has 0 saturated carbocycles. The Labute approximate surface area is 110 Å². The fourth-order valence-corrected chi connectivity index (χ4v) is 4.02. The Morgan fingerprint density at radius 3 is 2.44 bits per heavy atom. The maximum Gasteiger partial charge on any atom is 0.131 e. The van der Waals surface area contributed by atoms with Gasteiger partial charge in [-0.3, -0.25) is 0 Å². The van der Waals surface area contributed by atoms with Crippen LogP contribution in [-0.4, -0.2) is 0 Å². The normalized spacial score (nSPS) is 13.1. The minimum Gasteiger partial charge on any atom is -0.319 e. The summed E-state index contributed by atoms with van der Waals surface area (Å²) in [4.78, 5) is 0.779. The first-order chi connectivity index (χ1) is 8.66. The lowest BCUT2D eigenvalue weighted by molar-refractivity contribution is 0.545. The predicted octanol–water partition coefficient (Wildman–Crippen LogP) is 4.29. The maximum absolute atomic E-state index is 13.7. The van der Waals surface area contributed by atoms with Crippen molar-refractivity contribution in [1.29, 1.82) is 0 Å². The molecule has 0 spiro atoms. The van der Waals surface area contributed by atoms with Crippen molar-refractivity contribution < 1.29 is 8.78 Å². The van der Waals surface area contributed by atoms with Crippen molar-refractivity contribution in [3.05, 3.63) is 57.8 Å². The Morgan fingerprint density at radius 2 is 1.78 bits per heavy atom. The van der Waals surface area contributed by atoms with Gasteiger partial charge >= 0.3 is 0 Å². The predicted molar refractivity (Wildman–Crippen MR) is 72.1 cm³/mol. The van der Waals surface area contributed by atoms with E-state index >= 15 is 0 Å². The Kier molecular flexibility index (Phi) is 2.89. The van der Waals surface area contributed by atoms with Crippen LogP contribution in [0.15, 0.2) is 35.7 Å². The third-order valence-electron chi connectivity index (χ3n) is 2.78. The zero-order valence-electron chi connectivity index (χ0n) is 9.19. The van der Waals surface area contributed by atoms with Crippen LogP contribution in [0.1, 0.15) is 16.5 Å². The molecule has 0 fully saturated rings. The van der Waals surface area contributed by atoms with Gasteiger partial charge in [-0.25, -0.2) is 8.78 Å². The molecular formula is C13H9F2NS2. The number of hydrogen-bond acceptors (Lipinski definition) is 3. The van der Waals surface area contributed by atoms with Crippen LogP contribution in [0.25, 0.3) is 9.40 Å². The molecule has 92 valence electrons. The van der Waals surface area contributed by atoms with E-state index in [1.807, 2.05) is 17.5 Å². The SMILES string of the molecule is NC(c1cc2sccc2s1)c1c(F)cccc1F. The van der Waals surface area contributed by atoms with Crippen LogP contribution in [0.4, 0.5) is 8.78 Å². The van der Waals surface area contributed by atoms with E-state index in [-0.39, 0.29) is 5.56 Å². The molecule has 3 rings (SSSR count). The van der Waals surface area contributed by atoms with Gasteiger partial charge in [0.25, 0.3) is 0 Å². The van der Waals surface area contributed by atoms with Crippen molar-refractivity contribution >= 4 is 32.1 Å². The van der Waals surface area contributed by atoms with Crippen LogP contribution in [-0.2, 0) is 0 Å². The summed E-state index contributed by atoms with van der Waals surface area (Å²) < 4.78 is 29.5. The summed E-state index contributed by atoms with van der Waals surface area (Å²) in [5, 5.41) is 1.99. The van der Waals surface area contributed by atoms with E-state index in [1.165, 1.54) is 29.5 Å². The molecular weight excluding hydrogens is 272 g/mol. The standard InChI is InChI=1S/C13H9F2NS2/c14-7-2-1-3-8(15)12(7)13(16)11-6-10-9(18-11)4-5-17-10/h1-6,13H,16H2. The molecule has 18 heavy (non-hydrogen) atoms. The zero-order chi connectivity index (χ0) is 12.7. The number of rotatable bonds is 2. The summed E-state index contributed by atoms with van der Waals surface area (Å²) in [5.74, 6) is -1.20. The van der Waals surface area contributed by atoms with Gasteiger partial charge in [0.05, 0.1) is 6.04 Å².